The number of allylic oxidation sites excluding steroid dienone is 5. The zero-order valence-corrected chi connectivity index (χ0v) is 19.2. The van der Waals surface area contributed by atoms with Crippen LogP contribution in [0.25, 0.3) is 0 Å². The lowest BCUT2D eigenvalue weighted by atomic mass is 9.96. The van der Waals surface area contributed by atoms with Gasteiger partial charge in [-0.3, -0.25) is 0 Å². The molecule has 0 saturated heterocycles. The predicted octanol–water partition coefficient (Wildman–Crippen LogP) is 6.43. The van der Waals surface area contributed by atoms with Crippen LogP contribution in [0.15, 0.2) is 68.0 Å². The van der Waals surface area contributed by atoms with Crippen LogP contribution in [0.1, 0.15) is 12.2 Å². The molecule has 0 amide bonds. The Morgan fingerprint density at radius 3 is 2.39 bits per heavy atom. The topological polar surface area (TPSA) is 49.9 Å². The number of alkyl halides is 6. The number of hydrogen-bond donors (Lipinski definition) is 1. The van der Waals surface area contributed by atoms with Gasteiger partial charge in [-0.25, -0.2) is 9.98 Å². The number of rotatable bonds is 3. The highest BCUT2D eigenvalue weighted by molar-refractivity contribution is 7.80. The molecule has 0 aromatic carbocycles. The zero-order chi connectivity index (χ0) is 20.5. The second-order valence-electron chi connectivity index (χ2n) is 5.76. The summed E-state index contributed by atoms with van der Waals surface area (Å²) in [6.45, 7) is 0. The molecule has 0 atom stereocenters. The third-order valence-corrected chi connectivity index (χ3v) is 5.08. The number of nitrogens with zero attached hydrogens (tertiary/aromatic N) is 2. The summed E-state index contributed by atoms with van der Waals surface area (Å²) in [5.74, 6) is 0.880. The first-order valence-electron chi connectivity index (χ1n) is 7.80. The van der Waals surface area contributed by atoms with Crippen LogP contribution >= 0.6 is 81.8 Å². The molecule has 11 heteroatoms. The lowest BCUT2D eigenvalue weighted by Crippen LogP contribution is -2.40. The van der Waals surface area contributed by atoms with Gasteiger partial charge < -0.3 is 9.73 Å². The van der Waals surface area contributed by atoms with Gasteiger partial charge in [0.25, 0.3) is 0 Å². The summed E-state index contributed by atoms with van der Waals surface area (Å²) in [4.78, 5) is 9.24. The summed E-state index contributed by atoms with van der Waals surface area (Å²) in [5.41, 5.74) is 1.60. The predicted molar refractivity (Wildman–Crippen MR) is 122 cm³/mol. The minimum Gasteiger partial charge on any atom is -0.469 e. The van der Waals surface area contributed by atoms with Crippen molar-refractivity contribution in [1.29, 1.82) is 0 Å². The fourth-order valence-corrected chi connectivity index (χ4v) is 3.15. The molecular weight excluding hydrogens is 507 g/mol. The largest absolute Gasteiger partial charge is 0.469 e. The van der Waals surface area contributed by atoms with Gasteiger partial charge in [0, 0.05) is 23.3 Å². The summed E-state index contributed by atoms with van der Waals surface area (Å²) in [5, 5.41) is 2.94. The molecule has 0 unspecified atom stereocenters. The Morgan fingerprint density at radius 2 is 1.86 bits per heavy atom. The van der Waals surface area contributed by atoms with Crippen LogP contribution in [0.3, 0.4) is 0 Å². The van der Waals surface area contributed by atoms with Crippen molar-refractivity contribution < 1.29 is 4.42 Å². The van der Waals surface area contributed by atoms with E-state index in [0.717, 1.165) is 16.0 Å². The van der Waals surface area contributed by atoms with Crippen molar-refractivity contribution in [2.45, 2.75) is 20.4 Å². The minimum absolute atomic E-state index is 0.0309. The van der Waals surface area contributed by atoms with Gasteiger partial charge in [0.2, 0.25) is 7.59 Å². The highest BCUT2D eigenvalue weighted by Gasteiger charge is 2.37. The van der Waals surface area contributed by atoms with Crippen LogP contribution < -0.4 is 5.32 Å². The molecule has 0 saturated carbocycles. The van der Waals surface area contributed by atoms with E-state index in [1.54, 1.807) is 12.3 Å². The lowest BCUT2D eigenvalue weighted by molar-refractivity contribution is 0.519. The Kier molecular flexibility index (Phi) is 6.87. The Morgan fingerprint density at radius 1 is 1.11 bits per heavy atom. The van der Waals surface area contributed by atoms with Crippen LogP contribution in [0, 0.1) is 0 Å². The van der Waals surface area contributed by atoms with Crippen molar-refractivity contribution in [3.63, 3.8) is 0 Å². The molecule has 1 aliphatic carbocycles. The molecule has 1 aromatic heterocycles. The van der Waals surface area contributed by atoms with Gasteiger partial charge >= 0.3 is 0 Å². The third-order valence-electron chi connectivity index (χ3n) is 3.73. The normalized spacial score (nSPS) is 19.6. The molecule has 0 fully saturated rings. The smallest absolute Gasteiger partial charge is 0.250 e. The van der Waals surface area contributed by atoms with E-state index >= 15 is 0 Å². The number of thiocarbonyl (C=S) groups is 1. The van der Waals surface area contributed by atoms with Crippen molar-refractivity contribution in [2.24, 2.45) is 9.98 Å². The van der Waals surface area contributed by atoms with Crippen LogP contribution in [0.4, 0.5) is 0 Å². The average Bonchev–Trinajstić information content (AvgIpc) is 3.12. The lowest BCUT2D eigenvalue weighted by Gasteiger charge is -2.26. The monoisotopic (exact) mass is 515 g/mol. The van der Waals surface area contributed by atoms with E-state index in [4.69, 9.17) is 86.2 Å². The number of aliphatic imine (C=N–C) groups is 2. The highest BCUT2D eigenvalue weighted by Crippen LogP contribution is 2.36. The quantitative estimate of drug-likeness (QED) is 0.371. The molecule has 148 valence electrons. The Labute approximate surface area is 196 Å². The van der Waals surface area contributed by atoms with Crippen LogP contribution in [0.2, 0.25) is 0 Å². The summed E-state index contributed by atoms with van der Waals surface area (Å²) in [6.07, 6.45) is 8.28. The van der Waals surface area contributed by atoms with Crippen molar-refractivity contribution >= 4 is 98.4 Å². The Bertz CT molecular complexity index is 933. The van der Waals surface area contributed by atoms with E-state index in [0.29, 0.717) is 24.4 Å². The molecule has 3 rings (SSSR count). The molecule has 1 aromatic rings. The number of hydrogen-bond acceptors (Lipinski definition) is 5. The summed E-state index contributed by atoms with van der Waals surface area (Å²) < 4.78 is 1.69. The number of furan rings is 1. The van der Waals surface area contributed by atoms with Gasteiger partial charge in [0.1, 0.15) is 11.6 Å². The molecule has 1 aliphatic heterocycles. The van der Waals surface area contributed by atoms with Gasteiger partial charge in [-0.1, -0.05) is 94.0 Å². The summed E-state index contributed by atoms with van der Waals surface area (Å²) in [6, 6.07) is 3.63. The molecule has 28 heavy (non-hydrogen) atoms. The molecule has 0 bridgehead atoms. The zero-order valence-electron chi connectivity index (χ0n) is 13.9. The first-order chi connectivity index (χ1) is 13.0. The van der Waals surface area contributed by atoms with Gasteiger partial charge in [-0.05, 0) is 23.8 Å². The van der Waals surface area contributed by atoms with E-state index in [2.05, 4.69) is 15.3 Å². The fourth-order valence-electron chi connectivity index (χ4n) is 2.47. The second kappa shape index (κ2) is 8.68. The highest BCUT2D eigenvalue weighted by atomic mass is 35.6. The van der Waals surface area contributed by atoms with Crippen molar-refractivity contribution in [3.05, 3.63) is 59.4 Å². The molecular formula is C17H11Cl6N3OS. The number of amidine groups is 2. The summed E-state index contributed by atoms with van der Waals surface area (Å²) >= 11 is 41.2. The van der Waals surface area contributed by atoms with Gasteiger partial charge in [-0.2, -0.15) is 0 Å². The maximum absolute atomic E-state index is 6.01. The van der Waals surface area contributed by atoms with Gasteiger partial charge in [-0.15, -0.1) is 0 Å². The van der Waals surface area contributed by atoms with Crippen LogP contribution in [0.5, 0.6) is 0 Å². The van der Waals surface area contributed by atoms with Crippen molar-refractivity contribution in [1.82, 2.24) is 5.32 Å². The van der Waals surface area contributed by atoms with E-state index in [1.165, 1.54) is 0 Å². The molecule has 1 N–H and O–H groups in total. The fraction of sp³-hybridized carbons (Fsp3) is 0.235. The van der Waals surface area contributed by atoms with Crippen LogP contribution in [-0.4, -0.2) is 24.1 Å². The van der Waals surface area contributed by atoms with E-state index in [1.807, 2.05) is 24.3 Å². The first kappa shape index (κ1) is 22.2. The molecule has 4 nitrogen and oxygen atoms in total. The minimum atomic E-state index is -1.91. The second-order valence-corrected chi connectivity index (χ2v) is 10.8. The van der Waals surface area contributed by atoms with Crippen molar-refractivity contribution in [3.8, 4) is 0 Å². The maximum Gasteiger partial charge on any atom is 0.250 e. The molecule has 0 radical (unpaired) electrons. The molecule has 0 spiro atoms. The molecule has 2 heterocycles. The standard InChI is InChI=1S/C17H11Cl6N3OS/c18-16(19,20)14-24-13(25-15(26-14)17(21,22)23)12(8-10-2-1-7-27-10)9-3-5-11(28)6-4-9/h1-5,7H,6,8H2,(H,24,25,26). The first-order valence-corrected chi connectivity index (χ1v) is 10.5. The Hall–Kier alpha value is -0.530. The van der Waals surface area contributed by atoms with E-state index < -0.39 is 7.59 Å². The van der Waals surface area contributed by atoms with Crippen LogP contribution in [-0.2, 0) is 6.42 Å². The Balaban J connectivity index is 2.14. The van der Waals surface area contributed by atoms with E-state index in [-0.39, 0.29) is 11.7 Å². The van der Waals surface area contributed by atoms with Gasteiger partial charge in [0.15, 0.2) is 11.7 Å². The summed E-state index contributed by atoms with van der Waals surface area (Å²) in [7, 11) is 0. The van der Waals surface area contributed by atoms with Crippen molar-refractivity contribution in [2.75, 3.05) is 0 Å². The van der Waals surface area contributed by atoms with Gasteiger partial charge in [0.05, 0.1) is 6.26 Å². The third kappa shape index (κ3) is 5.54. The average molecular weight is 518 g/mol. The number of halogens is 6. The molecule has 2 aliphatic rings. The SMILES string of the molecule is S=C1C=CC(C(Cc2ccco2)=C2N=C(C(Cl)(Cl)Cl)N=C(C(Cl)(Cl)Cl)N2)=CC1. The maximum atomic E-state index is 6.01. The number of nitrogens with one attached hydrogen (secondary N) is 1. The van der Waals surface area contributed by atoms with E-state index in [9.17, 15) is 0 Å².